The quantitative estimate of drug-likeness (QED) is 0.602. The summed E-state index contributed by atoms with van der Waals surface area (Å²) in [4.78, 5) is 4.54. The number of nitrogens with one attached hydrogen (secondary N) is 1. The summed E-state index contributed by atoms with van der Waals surface area (Å²) in [6.45, 7) is 8.45. The summed E-state index contributed by atoms with van der Waals surface area (Å²) in [6, 6.07) is 10.9. The summed E-state index contributed by atoms with van der Waals surface area (Å²) in [5, 5.41) is 4.59. The third-order valence-electron chi connectivity index (χ3n) is 3.25. The van der Waals surface area contributed by atoms with E-state index in [-0.39, 0.29) is 0 Å². The maximum absolute atomic E-state index is 4.54. The molecule has 3 heteroatoms. The summed E-state index contributed by atoms with van der Waals surface area (Å²) in [5.74, 6) is 0.973. The molecule has 1 aromatic carbocycles. The van der Waals surface area contributed by atoms with Gasteiger partial charge in [-0.25, -0.2) is 4.98 Å². The summed E-state index contributed by atoms with van der Waals surface area (Å²) in [7, 11) is 0. The van der Waals surface area contributed by atoms with Crippen molar-refractivity contribution in [3.05, 3.63) is 58.8 Å². The highest BCUT2D eigenvalue weighted by atomic mass is 32.2. The van der Waals surface area contributed by atoms with Crippen LogP contribution < -0.4 is 5.32 Å². The third-order valence-corrected chi connectivity index (χ3v) is 4.37. The number of nitrogens with zero attached hydrogens (tertiary/aromatic N) is 1. The van der Waals surface area contributed by atoms with Crippen LogP contribution in [0.15, 0.2) is 41.6 Å². The van der Waals surface area contributed by atoms with Crippen molar-refractivity contribution in [3.8, 4) is 0 Å². The number of aryl methyl sites for hydroxylation is 2. The first-order chi connectivity index (χ1) is 10.2. The standard InChI is InChI=1S/C18H24N2S/c1-4-7-19-12-17-6-5-8-20-18(17)21-13-16-10-14(2)9-15(3)11-16/h5-6,8-11,19H,4,7,12-13H2,1-3H3. The molecule has 0 aliphatic rings. The number of aromatic nitrogens is 1. The van der Waals surface area contributed by atoms with Crippen molar-refractivity contribution in [1.29, 1.82) is 0 Å². The van der Waals surface area contributed by atoms with Crippen LogP contribution in [0.5, 0.6) is 0 Å². The van der Waals surface area contributed by atoms with Gasteiger partial charge in [-0.3, -0.25) is 0 Å². The molecule has 1 N–H and O–H groups in total. The van der Waals surface area contributed by atoms with Gasteiger partial charge < -0.3 is 5.32 Å². The van der Waals surface area contributed by atoms with Crippen molar-refractivity contribution in [2.24, 2.45) is 0 Å². The van der Waals surface area contributed by atoms with Crippen molar-refractivity contribution < 1.29 is 0 Å². The predicted octanol–water partition coefficient (Wildman–Crippen LogP) is 4.49. The minimum absolute atomic E-state index is 0.900. The minimum Gasteiger partial charge on any atom is -0.313 e. The van der Waals surface area contributed by atoms with Crippen LogP contribution in [0, 0.1) is 13.8 Å². The first kappa shape index (κ1) is 16.1. The van der Waals surface area contributed by atoms with Gasteiger partial charge in [0.1, 0.15) is 5.03 Å². The smallest absolute Gasteiger partial charge is 0.101 e. The van der Waals surface area contributed by atoms with Crippen LogP contribution in [0.25, 0.3) is 0 Å². The van der Waals surface area contributed by atoms with Gasteiger partial charge in [0.05, 0.1) is 0 Å². The highest BCUT2D eigenvalue weighted by Gasteiger charge is 2.05. The topological polar surface area (TPSA) is 24.9 Å². The molecular weight excluding hydrogens is 276 g/mol. The van der Waals surface area contributed by atoms with Crippen LogP contribution in [0.2, 0.25) is 0 Å². The third kappa shape index (κ3) is 5.18. The molecule has 2 nitrogen and oxygen atoms in total. The van der Waals surface area contributed by atoms with Gasteiger partial charge in [-0.15, -0.1) is 11.8 Å². The molecule has 0 fully saturated rings. The van der Waals surface area contributed by atoms with Crippen molar-refractivity contribution >= 4 is 11.8 Å². The average molecular weight is 300 g/mol. The summed E-state index contributed by atoms with van der Waals surface area (Å²) in [6.07, 6.45) is 3.04. The second kappa shape index (κ2) is 8.20. The fourth-order valence-electron chi connectivity index (χ4n) is 2.39. The maximum atomic E-state index is 4.54. The predicted molar refractivity (Wildman–Crippen MR) is 91.7 cm³/mol. The largest absolute Gasteiger partial charge is 0.313 e. The van der Waals surface area contributed by atoms with E-state index in [4.69, 9.17) is 0 Å². The molecule has 0 saturated carbocycles. The molecule has 2 rings (SSSR count). The van der Waals surface area contributed by atoms with E-state index >= 15 is 0 Å². The molecule has 21 heavy (non-hydrogen) atoms. The second-order valence-corrected chi connectivity index (χ2v) is 6.39. The Labute approximate surface area is 132 Å². The van der Waals surface area contributed by atoms with E-state index in [1.54, 1.807) is 0 Å². The van der Waals surface area contributed by atoms with E-state index in [1.807, 2.05) is 24.0 Å². The Morgan fingerprint density at radius 2 is 1.90 bits per heavy atom. The molecule has 0 saturated heterocycles. The van der Waals surface area contributed by atoms with Crippen molar-refractivity contribution in [1.82, 2.24) is 10.3 Å². The normalized spacial score (nSPS) is 10.8. The molecule has 0 aliphatic heterocycles. The lowest BCUT2D eigenvalue weighted by molar-refractivity contribution is 0.665. The number of benzene rings is 1. The van der Waals surface area contributed by atoms with E-state index in [2.05, 4.69) is 55.3 Å². The van der Waals surface area contributed by atoms with Gasteiger partial charge in [0.2, 0.25) is 0 Å². The van der Waals surface area contributed by atoms with Crippen LogP contribution in [0.1, 0.15) is 35.6 Å². The van der Waals surface area contributed by atoms with Gasteiger partial charge >= 0.3 is 0 Å². The van der Waals surface area contributed by atoms with Crippen LogP contribution in [0.4, 0.5) is 0 Å². The molecule has 1 aromatic heterocycles. The van der Waals surface area contributed by atoms with Crippen LogP contribution in [0.3, 0.4) is 0 Å². The fraction of sp³-hybridized carbons (Fsp3) is 0.389. The second-order valence-electron chi connectivity index (χ2n) is 5.43. The highest BCUT2D eigenvalue weighted by Crippen LogP contribution is 2.25. The first-order valence-corrected chi connectivity index (χ1v) is 8.52. The summed E-state index contributed by atoms with van der Waals surface area (Å²) in [5.41, 5.74) is 5.32. The summed E-state index contributed by atoms with van der Waals surface area (Å²) >= 11 is 1.82. The number of hydrogen-bond donors (Lipinski definition) is 1. The van der Waals surface area contributed by atoms with Crippen molar-refractivity contribution in [2.45, 2.75) is 44.5 Å². The monoisotopic (exact) mass is 300 g/mol. The van der Waals surface area contributed by atoms with Gasteiger partial charge in [-0.2, -0.15) is 0 Å². The Balaban J connectivity index is 2.02. The number of thioether (sulfide) groups is 1. The Hall–Kier alpha value is -1.32. The molecule has 0 unspecified atom stereocenters. The zero-order chi connectivity index (χ0) is 15.1. The van der Waals surface area contributed by atoms with Gasteiger partial charge in [0, 0.05) is 18.5 Å². The summed E-state index contributed by atoms with van der Waals surface area (Å²) < 4.78 is 0. The lowest BCUT2D eigenvalue weighted by Gasteiger charge is -2.09. The SMILES string of the molecule is CCCNCc1cccnc1SCc1cc(C)cc(C)c1. The Bertz CT molecular complexity index is 561. The minimum atomic E-state index is 0.900. The zero-order valence-corrected chi connectivity index (χ0v) is 14.0. The van der Waals surface area contributed by atoms with Gasteiger partial charge in [-0.05, 0) is 44.0 Å². The molecule has 0 atom stereocenters. The van der Waals surface area contributed by atoms with Gasteiger partial charge in [0.15, 0.2) is 0 Å². The van der Waals surface area contributed by atoms with E-state index in [0.29, 0.717) is 0 Å². The Morgan fingerprint density at radius 3 is 2.62 bits per heavy atom. The average Bonchev–Trinajstić information content (AvgIpc) is 2.45. The molecule has 0 aliphatic carbocycles. The van der Waals surface area contributed by atoms with Crippen LogP contribution in [-0.4, -0.2) is 11.5 Å². The Morgan fingerprint density at radius 1 is 1.14 bits per heavy atom. The molecule has 1 heterocycles. The molecule has 0 bridgehead atoms. The number of pyridine rings is 1. The number of hydrogen-bond acceptors (Lipinski definition) is 3. The van der Waals surface area contributed by atoms with E-state index in [9.17, 15) is 0 Å². The van der Waals surface area contributed by atoms with Crippen molar-refractivity contribution in [2.75, 3.05) is 6.54 Å². The fourth-order valence-corrected chi connectivity index (χ4v) is 3.32. The zero-order valence-electron chi connectivity index (χ0n) is 13.1. The van der Waals surface area contributed by atoms with Crippen LogP contribution in [-0.2, 0) is 12.3 Å². The lowest BCUT2D eigenvalue weighted by Crippen LogP contribution is -2.14. The van der Waals surface area contributed by atoms with E-state index in [1.165, 1.54) is 22.3 Å². The van der Waals surface area contributed by atoms with Crippen molar-refractivity contribution in [3.63, 3.8) is 0 Å². The maximum Gasteiger partial charge on any atom is 0.101 e. The molecule has 0 spiro atoms. The molecule has 0 amide bonds. The first-order valence-electron chi connectivity index (χ1n) is 7.53. The Kier molecular flexibility index (Phi) is 6.27. The molecular formula is C18H24N2S. The van der Waals surface area contributed by atoms with Gasteiger partial charge in [-0.1, -0.05) is 42.3 Å². The van der Waals surface area contributed by atoms with Gasteiger partial charge in [0.25, 0.3) is 0 Å². The molecule has 0 radical (unpaired) electrons. The van der Waals surface area contributed by atoms with E-state index in [0.717, 1.165) is 30.3 Å². The molecule has 112 valence electrons. The van der Waals surface area contributed by atoms with Crippen LogP contribution >= 0.6 is 11.8 Å². The molecule has 2 aromatic rings. The van der Waals surface area contributed by atoms with E-state index < -0.39 is 0 Å². The highest BCUT2D eigenvalue weighted by molar-refractivity contribution is 7.98. The lowest BCUT2D eigenvalue weighted by atomic mass is 10.1. The number of rotatable bonds is 7.